The van der Waals surface area contributed by atoms with Crippen molar-refractivity contribution in [3.05, 3.63) is 54.9 Å². The zero-order valence-electron chi connectivity index (χ0n) is 15.6. The number of hydrogen-bond donors (Lipinski definition) is 2. The van der Waals surface area contributed by atoms with Gasteiger partial charge in [0.1, 0.15) is 11.6 Å². The molecule has 1 aromatic heterocycles. The predicted octanol–water partition coefficient (Wildman–Crippen LogP) is 4.24. The van der Waals surface area contributed by atoms with Gasteiger partial charge in [-0.3, -0.25) is 0 Å². The van der Waals surface area contributed by atoms with E-state index >= 15 is 0 Å². The second kappa shape index (κ2) is 10.5. The molecule has 0 saturated carbocycles. The van der Waals surface area contributed by atoms with Crippen molar-refractivity contribution < 1.29 is 9.84 Å². The monoisotopic (exact) mass is 375 g/mol. The number of halogens is 1. The predicted molar refractivity (Wildman–Crippen MR) is 110 cm³/mol. The molecule has 0 aliphatic carbocycles. The molecule has 0 spiro atoms. The first-order valence-corrected chi connectivity index (χ1v) is 8.18. The number of nitrogens with zero attached hydrogens (tertiary/aromatic N) is 2. The van der Waals surface area contributed by atoms with Gasteiger partial charge in [-0.15, -0.1) is 12.4 Å². The molecule has 0 fully saturated rings. The van der Waals surface area contributed by atoms with E-state index in [-0.39, 0.29) is 12.4 Å². The highest BCUT2D eigenvalue weighted by molar-refractivity contribution is 5.85. The lowest BCUT2D eigenvalue weighted by Gasteiger charge is -2.15. The Balaban J connectivity index is 0.00000109. The van der Waals surface area contributed by atoms with Gasteiger partial charge in [-0.25, -0.2) is 4.98 Å². The number of nitrogens with one attached hydrogen (secondary N) is 1. The summed E-state index contributed by atoms with van der Waals surface area (Å²) in [6.07, 6.45) is 3.58. The molecular formula is C20H26ClN3O2. The van der Waals surface area contributed by atoms with Crippen LogP contribution in [0.1, 0.15) is 6.92 Å². The van der Waals surface area contributed by atoms with Crippen molar-refractivity contribution in [2.75, 3.05) is 32.7 Å². The number of H-pyrrole nitrogens is 1. The van der Waals surface area contributed by atoms with Gasteiger partial charge in [0.05, 0.1) is 6.61 Å². The normalized spacial score (nSPS) is 9.58. The number of rotatable bonds is 5. The molecule has 0 saturated heterocycles. The van der Waals surface area contributed by atoms with Crippen LogP contribution in [0.4, 0.5) is 5.69 Å². The van der Waals surface area contributed by atoms with Gasteiger partial charge in [0.15, 0.2) is 0 Å². The lowest BCUT2D eigenvalue weighted by Crippen LogP contribution is -2.07. The molecule has 2 N–H and O–H groups in total. The molecule has 1 heterocycles. The number of imidazole rings is 1. The number of aromatic nitrogens is 2. The Morgan fingerprint density at radius 2 is 1.69 bits per heavy atom. The van der Waals surface area contributed by atoms with Crippen LogP contribution in [0, 0.1) is 0 Å². The van der Waals surface area contributed by atoms with Crippen molar-refractivity contribution in [2.24, 2.45) is 0 Å². The van der Waals surface area contributed by atoms with Crippen LogP contribution in [0.15, 0.2) is 54.9 Å². The maximum Gasteiger partial charge on any atom is 0.137 e. The number of anilines is 1. The first kappa shape index (κ1) is 21.5. The van der Waals surface area contributed by atoms with Crippen molar-refractivity contribution in [3.63, 3.8) is 0 Å². The summed E-state index contributed by atoms with van der Waals surface area (Å²) >= 11 is 0. The van der Waals surface area contributed by atoms with Crippen molar-refractivity contribution in [2.45, 2.75) is 6.92 Å². The number of benzene rings is 2. The lowest BCUT2D eigenvalue weighted by molar-refractivity contribution is 0.342. The average Bonchev–Trinajstić information content (AvgIpc) is 3.18. The Labute approximate surface area is 161 Å². The minimum atomic E-state index is 0. The molecule has 0 aliphatic rings. The molecule has 26 heavy (non-hydrogen) atoms. The fourth-order valence-corrected chi connectivity index (χ4v) is 2.55. The van der Waals surface area contributed by atoms with E-state index in [2.05, 4.69) is 51.3 Å². The summed E-state index contributed by atoms with van der Waals surface area (Å²) < 4.78 is 5.86. The molecule has 3 rings (SSSR count). The van der Waals surface area contributed by atoms with Crippen molar-refractivity contribution in [3.8, 4) is 28.3 Å². The molecule has 0 radical (unpaired) electrons. The molecule has 0 atom stereocenters. The first-order valence-electron chi connectivity index (χ1n) is 8.18. The SMILES string of the molecule is CCOc1cc(-c2ncc[nH]2)ccc1-c1ccc(N(C)C)cc1.CO.Cl. The minimum absolute atomic E-state index is 0. The highest BCUT2D eigenvalue weighted by Gasteiger charge is 2.10. The van der Waals surface area contributed by atoms with Crippen LogP contribution >= 0.6 is 12.4 Å². The van der Waals surface area contributed by atoms with Gasteiger partial charge in [0, 0.05) is 50.4 Å². The second-order valence-corrected chi connectivity index (χ2v) is 5.52. The first-order chi connectivity index (χ1) is 12.2. The average molecular weight is 376 g/mol. The van der Waals surface area contributed by atoms with Crippen LogP contribution in [0.3, 0.4) is 0 Å². The summed E-state index contributed by atoms with van der Waals surface area (Å²) in [5, 5.41) is 7.00. The topological polar surface area (TPSA) is 61.4 Å². The van der Waals surface area contributed by atoms with E-state index in [4.69, 9.17) is 9.84 Å². The molecule has 2 aromatic carbocycles. The summed E-state index contributed by atoms with van der Waals surface area (Å²) in [7, 11) is 5.08. The van der Waals surface area contributed by atoms with E-state index in [0.29, 0.717) is 6.61 Å². The number of aliphatic hydroxyl groups is 1. The smallest absolute Gasteiger partial charge is 0.137 e. The zero-order chi connectivity index (χ0) is 18.2. The third-order valence-electron chi connectivity index (χ3n) is 3.75. The summed E-state index contributed by atoms with van der Waals surface area (Å²) in [4.78, 5) is 9.52. The largest absolute Gasteiger partial charge is 0.493 e. The van der Waals surface area contributed by atoms with E-state index in [1.807, 2.05) is 33.3 Å². The van der Waals surface area contributed by atoms with Crippen LogP contribution in [-0.4, -0.2) is 42.9 Å². The molecule has 6 heteroatoms. The lowest BCUT2D eigenvalue weighted by atomic mass is 10.0. The van der Waals surface area contributed by atoms with E-state index in [1.165, 1.54) is 5.69 Å². The van der Waals surface area contributed by atoms with Crippen LogP contribution in [0.2, 0.25) is 0 Å². The van der Waals surface area contributed by atoms with Crippen LogP contribution in [0.25, 0.3) is 22.5 Å². The van der Waals surface area contributed by atoms with E-state index < -0.39 is 0 Å². The molecule has 0 bridgehead atoms. The Morgan fingerprint density at radius 3 is 2.23 bits per heavy atom. The molecular weight excluding hydrogens is 350 g/mol. The molecule has 0 unspecified atom stereocenters. The maximum absolute atomic E-state index is 7.00. The highest BCUT2D eigenvalue weighted by atomic mass is 35.5. The molecule has 0 aliphatic heterocycles. The van der Waals surface area contributed by atoms with Gasteiger partial charge < -0.3 is 19.7 Å². The van der Waals surface area contributed by atoms with Crippen LogP contribution in [-0.2, 0) is 0 Å². The molecule has 3 aromatic rings. The van der Waals surface area contributed by atoms with Crippen molar-refractivity contribution in [1.29, 1.82) is 0 Å². The van der Waals surface area contributed by atoms with Gasteiger partial charge in [0.25, 0.3) is 0 Å². The van der Waals surface area contributed by atoms with Gasteiger partial charge >= 0.3 is 0 Å². The van der Waals surface area contributed by atoms with Gasteiger partial charge in [-0.05, 0) is 36.8 Å². The summed E-state index contributed by atoms with van der Waals surface area (Å²) in [5.41, 5.74) is 4.43. The number of hydrogen-bond acceptors (Lipinski definition) is 4. The Hall–Kier alpha value is -2.50. The summed E-state index contributed by atoms with van der Waals surface area (Å²) in [6.45, 7) is 2.63. The maximum atomic E-state index is 7.00. The standard InChI is InChI=1S/C19H21N3O.CH4O.ClH/c1-4-23-18-13-15(19-20-11-12-21-19)7-10-17(18)14-5-8-16(9-6-14)22(2)3;1-2;/h5-13H,4H2,1-3H3,(H,20,21);2H,1H3;1H. The molecule has 140 valence electrons. The summed E-state index contributed by atoms with van der Waals surface area (Å²) in [5.74, 6) is 1.72. The quantitative estimate of drug-likeness (QED) is 0.700. The number of ether oxygens (including phenoxy) is 1. The number of aromatic amines is 1. The Morgan fingerprint density at radius 1 is 1.04 bits per heavy atom. The molecule has 5 nitrogen and oxygen atoms in total. The minimum Gasteiger partial charge on any atom is -0.493 e. The van der Waals surface area contributed by atoms with E-state index in [9.17, 15) is 0 Å². The fraction of sp³-hybridized carbons (Fsp3) is 0.250. The Bertz CT molecular complexity index is 772. The number of aliphatic hydroxyl groups excluding tert-OH is 1. The van der Waals surface area contributed by atoms with E-state index in [1.54, 1.807) is 6.20 Å². The van der Waals surface area contributed by atoms with Crippen molar-refractivity contribution >= 4 is 18.1 Å². The summed E-state index contributed by atoms with van der Waals surface area (Å²) in [6, 6.07) is 14.7. The zero-order valence-corrected chi connectivity index (χ0v) is 16.4. The highest BCUT2D eigenvalue weighted by Crippen LogP contribution is 2.34. The van der Waals surface area contributed by atoms with Gasteiger partial charge in [-0.2, -0.15) is 0 Å². The second-order valence-electron chi connectivity index (χ2n) is 5.52. The Kier molecular flexibility index (Phi) is 8.68. The van der Waals surface area contributed by atoms with Gasteiger partial charge in [-0.1, -0.05) is 18.2 Å². The third kappa shape index (κ3) is 5.00. The fourth-order valence-electron chi connectivity index (χ4n) is 2.55. The third-order valence-corrected chi connectivity index (χ3v) is 3.75. The van der Waals surface area contributed by atoms with Crippen LogP contribution in [0.5, 0.6) is 5.75 Å². The molecule has 0 amide bonds. The van der Waals surface area contributed by atoms with Crippen molar-refractivity contribution in [1.82, 2.24) is 9.97 Å². The van der Waals surface area contributed by atoms with Crippen LogP contribution < -0.4 is 9.64 Å². The van der Waals surface area contributed by atoms with E-state index in [0.717, 1.165) is 35.4 Å². The van der Waals surface area contributed by atoms with Gasteiger partial charge in [0.2, 0.25) is 0 Å².